The zero-order chi connectivity index (χ0) is 24.6. The van der Waals surface area contributed by atoms with Crippen molar-refractivity contribution in [2.24, 2.45) is 5.41 Å². The molecule has 1 aliphatic carbocycles. The lowest BCUT2D eigenvalue weighted by Crippen LogP contribution is -2.41. The number of ether oxygens (including phenoxy) is 1. The van der Waals surface area contributed by atoms with Crippen LogP contribution in [-0.2, 0) is 10.5 Å². The van der Waals surface area contributed by atoms with Gasteiger partial charge in [0.2, 0.25) is 0 Å². The van der Waals surface area contributed by atoms with Crippen LogP contribution in [0.1, 0.15) is 50.1 Å². The lowest BCUT2D eigenvalue weighted by Gasteiger charge is -2.34. The summed E-state index contributed by atoms with van der Waals surface area (Å²) in [6, 6.07) is 9.08. The molecule has 1 atom stereocenters. The Balaban J connectivity index is 0.00000304. The highest BCUT2D eigenvalue weighted by Gasteiger charge is 2.45. The fraction of sp³-hybridized carbons (Fsp3) is 0.560. The zero-order valence-electron chi connectivity index (χ0n) is 20.4. The van der Waals surface area contributed by atoms with Gasteiger partial charge in [-0.25, -0.2) is 9.97 Å². The Hall–Kier alpha value is -2.40. The number of carbonyl (C=O) groups excluding carboxylic acids is 1. The summed E-state index contributed by atoms with van der Waals surface area (Å²) in [6.07, 6.45) is 6.34. The summed E-state index contributed by atoms with van der Waals surface area (Å²) in [4.78, 5) is 27.1. The summed E-state index contributed by atoms with van der Waals surface area (Å²) in [5.74, 6) is 1.71. The number of nitrogens with one attached hydrogen (secondary N) is 1. The molecule has 2 aromatic heterocycles. The van der Waals surface area contributed by atoms with E-state index >= 15 is 0 Å². The van der Waals surface area contributed by atoms with Crippen molar-refractivity contribution in [3.8, 4) is 0 Å². The Morgan fingerprint density at radius 2 is 1.91 bits per heavy atom. The molecule has 2 aromatic rings. The molecule has 3 fully saturated rings. The summed E-state index contributed by atoms with van der Waals surface area (Å²) in [6.45, 7) is 5.91. The number of piperidine rings is 1. The van der Waals surface area contributed by atoms with E-state index in [9.17, 15) is 13.9 Å². The highest BCUT2D eigenvalue weighted by Crippen LogP contribution is 2.54. The second-order valence-corrected chi connectivity index (χ2v) is 12.5. The van der Waals surface area contributed by atoms with E-state index in [1.165, 1.54) is 19.1 Å². The van der Waals surface area contributed by atoms with Crippen LogP contribution in [0.4, 0.5) is 17.5 Å². The minimum atomic E-state index is -2.74. The van der Waals surface area contributed by atoms with E-state index in [4.69, 9.17) is 9.72 Å². The van der Waals surface area contributed by atoms with Crippen molar-refractivity contribution in [2.75, 3.05) is 54.2 Å². The number of hydrogen-bond donors (Lipinski definition) is 3. The molecular weight excluding hydrogens is 466 g/mol. The van der Waals surface area contributed by atoms with E-state index in [1.54, 1.807) is 18.2 Å². The van der Waals surface area contributed by atoms with Crippen molar-refractivity contribution in [3.63, 3.8) is 0 Å². The molecule has 1 spiro atoms. The maximum Gasteiger partial charge on any atom is 0.260 e. The average Bonchev–Trinajstić information content (AvgIpc) is 3.57. The highest BCUT2D eigenvalue weighted by molar-refractivity contribution is 8.23. The van der Waals surface area contributed by atoms with Gasteiger partial charge in [-0.1, -0.05) is 6.07 Å². The molecule has 1 saturated carbocycles. The van der Waals surface area contributed by atoms with Gasteiger partial charge in [0, 0.05) is 33.9 Å². The van der Waals surface area contributed by atoms with Crippen LogP contribution < -0.4 is 15.1 Å². The number of hydrogen-bond acceptors (Lipinski definition) is 8. The topological polar surface area (TPSA) is 111 Å². The summed E-state index contributed by atoms with van der Waals surface area (Å²) in [5.41, 5.74) is 1.55. The molecule has 0 unspecified atom stereocenters. The molecule has 4 heterocycles. The molecular formula is C25H37N5O4S. The molecule has 9 nitrogen and oxygen atoms in total. The van der Waals surface area contributed by atoms with Crippen molar-refractivity contribution in [1.29, 1.82) is 0 Å². The number of morpholine rings is 1. The maximum atomic E-state index is 13.4. The first-order chi connectivity index (χ1) is 16.7. The lowest BCUT2D eigenvalue weighted by molar-refractivity contribution is 0.0529. The lowest BCUT2D eigenvalue weighted by atomic mass is 9.93. The van der Waals surface area contributed by atoms with E-state index in [1.807, 2.05) is 19.1 Å². The molecule has 0 bridgehead atoms. The predicted molar refractivity (Wildman–Crippen MR) is 142 cm³/mol. The molecule has 10 heteroatoms. The molecule has 2 saturated heterocycles. The molecule has 0 aromatic carbocycles. The minimum absolute atomic E-state index is 0. The fourth-order valence-electron chi connectivity index (χ4n) is 5.02. The minimum Gasteiger partial charge on any atom is -0.375 e. The van der Waals surface area contributed by atoms with Crippen LogP contribution in [0.3, 0.4) is 0 Å². The molecule has 5 rings (SSSR count). The van der Waals surface area contributed by atoms with Gasteiger partial charge in [0.25, 0.3) is 5.91 Å². The van der Waals surface area contributed by atoms with Gasteiger partial charge in [-0.2, -0.15) is 10.6 Å². The van der Waals surface area contributed by atoms with Crippen LogP contribution in [0, 0.1) is 5.41 Å². The molecule has 3 N–H and O–H groups in total. The van der Waals surface area contributed by atoms with Gasteiger partial charge < -0.3 is 19.9 Å². The Morgan fingerprint density at radius 1 is 1.14 bits per heavy atom. The zero-order valence-corrected chi connectivity index (χ0v) is 21.3. The van der Waals surface area contributed by atoms with Crippen molar-refractivity contribution >= 4 is 34.0 Å². The predicted octanol–water partition coefficient (Wildman–Crippen LogP) is 4.46. The summed E-state index contributed by atoms with van der Waals surface area (Å²) in [7, 11) is -2.74. The number of pyridine rings is 2. The summed E-state index contributed by atoms with van der Waals surface area (Å²) >= 11 is 0. The molecule has 192 valence electrons. The van der Waals surface area contributed by atoms with Gasteiger partial charge in [-0.05, 0) is 62.3 Å². The Kier molecular flexibility index (Phi) is 6.65. The van der Waals surface area contributed by atoms with Crippen LogP contribution in [0.15, 0.2) is 30.3 Å². The van der Waals surface area contributed by atoms with Gasteiger partial charge in [0.05, 0.1) is 29.7 Å². The number of aromatic nitrogens is 2. The van der Waals surface area contributed by atoms with Crippen LogP contribution in [-0.4, -0.2) is 70.1 Å². The third-order valence-electron chi connectivity index (χ3n) is 7.22. The monoisotopic (exact) mass is 503 g/mol. The first-order valence-corrected chi connectivity index (χ1v) is 14.4. The van der Waals surface area contributed by atoms with Gasteiger partial charge in [-0.3, -0.25) is 13.9 Å². The van der Waals surface area contributed by atoms with Gasteiger partial charge in [-0.15, -0.1) is 0 Å². The Labute approximate surface area is 209 Å². The standard InChI is InChI=1S/C25H35N5O4S.H2/c1-18-16-30(14-15-34-18)22-5-3-4-21(27-22)28-24(31)20-7-6-19(17-35(2,32)33)26-23(20)29-12-10-25(8-9-25)11-13-29;/h3-7,18,32-33H,8-17H2,1-2H3,(H,27,28,31);1H/t18-;/m1./s1. The van der Waals surface area contributed by atoms with Crippen molar-refractivity contribution in [3.05, 3.63) is 41.6 Å². The van der Waals surface area contributed by atoms with E-state index in [2.05, 4.69) is 20.1 Å². The SMILES string of the molecule is C[C@@H]1CN(c2cccc(NC(=O)c3ccc(CS(C)(O)O)nc3N3CCC4(CC3)CC4)n2)CCO1.[HH]. The van der Waals surface area contributed by atoms with E-state index < -0.39 is 10.6 Å². The summed E-state index contributed by atoms with van der Waals surface area (Å²) < 4.78 is 25.5. The quantitative estimate of drug-likeness (QED) is 0.530. The molecule has 2 aliphatic heterocycles. The number of rotatable bonds is 6. The van der Waals surface area contributed by atoms with Crippen LogP contribution >= 0.6 is 10.6 Å². The summed E-state index contributed by atoms with van der Waals surface area (Å²) in [5, 5.41) is 2.96. The normalized spacial score (nSPS) is 22.2. The fourth-order valence-corrected chi connectivity index (χ4v) is 5.74. The highest BCUT2D eigenvalue weighted by atomic mass is 32.3. The van der Waals surface area contributed by atoms with Gasteiger partial charge in [0.1, 0.15) is 17.5 Å². The van der Waals surface area contributed by atoms with Crippen molar-refractivity contribution in [1.82, 2.24) is 9.97 Å². The van der Waals surface area contributed by atoms with E-state index in [0.29, 0.717) is 34.9 Å². The smallest absolute Gasteiger partial charge is 0.260 e. The third kappa shape index (κ3) is 5.88. The van der Waals surface area contributed by atoms with E-state index in [-0.39, 0.29) is 19.2 Å². The number of amides is 1. The number of carbonyl (C=O) groups is 1. The van der Waals surface area contributed by atoms with Crippen molar-refractivity contribution in [2.45, 2.75) is 44.5 Å². The van der Waals surface area contributed by atoms with Gasteiger partial charge in [0.15, 0.2) is 0 Å². The van der Waals surface area contributed by atoms with Crippen LogP contribution in [0.5, 0.6) is 0 Å². The van der Waals surface area contributed by atoms with Crippen LogP contribution in [0.25, 0.3) is 0 Å². The molecule has 3 aliphatic rings. The third-order valence-corrected chi connectivity index (χ3v) is 8.06. The maximum absolute atomic E-state index is 13.4. The van der Waals surface area contributed by atoms with Gasteiger partial charge >= 0.3 is 0 Å². The number of anilines is 3. The first kappa shape index (κ1) is 24.3. The van der Waals surface area contributed by atoms with Crippen LogP contribution in [0.2, 0.25) is 0 Å². The number of nitrogens with zero attached hydrogens (tertiary/aromatic N) is 4. The second kappa shape index (κ2) is 9.57. The first-order valence-electron chi connectivity index (χ1n) is 12.3. The van der Waals surface area contributed by atoms with Crippen molar-refractivity contribution < 1.29 is 20.1 Å². The average molecular weight is 504 g/mol. The van der Waals surface area contributed by atoms with E-state index in [0.717, 1.165) is 44.8 Å². The second-order valence-electron chi connectivity index (χ2n) is 10.3. The Bertz CT molecular complexity index is 1080. The molecule has 0 radical (unpaired) electrons. The Morgan fingerprint density at radius 3 is 2.60 bits per heavy atom. The molecule has 1 amide bonds. The largest absolute Gasteiger partial charge is 0.375 e. The molecule has 35 heavy (non-hydrogen) atoms.